The zero-order valence-corrected chi connectivity index (χ0v) is 22.8. The van der Waals surface area contributed by atoms with E-state index in [4.69, 9.17) is 4.74 Å². The topological polar surface area (TPSA) is 79.7 Å². The van der Waals surface area contributed by atoms with Gasteiger partial charge in [-0.2, -0.15) is 18.3 Å². The van der Waals surface area contributed by atoms with Gasteiger partial charge in [0, 0.05) is 63.0 Å². The maximum absolute atomic E-state index is 14.3. The summed E-state index contributed by atoms with van der Waals surface area (Å²) in [7, 11) is 0. The van der Waals surface area contributed by atoms with E-state index in [1.165, 1.54) is 4.90 Å². The van der Waals surface area contributed by atoms with Gasteiger partial charge in [-0.3, -0.25) is 19.2 Å². The van der Waals surface area contributed by atoms with Gasteiger partial charge in [0.2, 0.25) is 0 Å². The number of aromatic nitrogens is 2. The number of benzene rings is 2. The molecule has 2 amide bonds. The summed E-state index contributed by atoms with van der Waals surface area (Å²) < 4.78 is 60.0. The fourth-order valence-electron chi connectivity index (χ4n) is 5.43. The lowest BCUT2D eigenvalue weighted by Crippen LogP contribution is -2.41. The zero-order valence-electron chi connectivity index (χ0n) is 22.8. The van der Waals surface area contributed by atoms with Crippen LogP contribution in [0.5, 0.6) is 0 Å². The highest BCUT2D eigenvalue weighted by atomic mass is 19.4. The monoisotopic (exact) mass is 575 g/mol. The number of carbonyl (C=O) groups is 2. The molecular formula is C29H33F4N5O3. The van der Waals surface area contributed by atoms with Crippen LogP contribution in [-0.2, 0) is 17.5 Å². The van der Waals surface area contributed by atoms with Gasteiger partial charge in [-0.05, 0) is 61.6 Å². The van der Waals surface area contributed by atoms with Crippen LogP contribution in [0.25, 0.3) is 10.9 Å². The van der Waals surface area contributed by atoms with Gasteiger partial charge >= 0.3 is 6.18 Å². The molecule has 0 spiro atoms. The predicted octanol–water partition coefficient (Wildman–Crippen LogP) is 4.12. The summed E-state index contributed by atoms with van der Waals surface area (Å²) in [6.45, 7) is 7.76. The molecule has 0 radical (unpaired) electrons. The van der Waals surface area contributed by atoms with E-state index in [9.17, 15) is 27.2 Å². The Labute approximate surface area is 235 Å². The minimum Gasteiger partial charge on any atom is -0.379 e. The van der Waals surface area contributed by atoms with Crippen LogP contribution in [0.1, 0.15) is 44.7 Å². The summed E-state index contributed by atoms with van der Waals surface area (Å²) in [6, 6.07) is 5.77. The molecule has 2 aromatic carbocycles. The third-order valence-corrected chi connectivity index (χ3v) is 7.83. The first-order chi connectivity index (χ1) is 19.6. The number of morpholine rings is 1. The van der Waals surface area contributed by atoms with Gasteiger partial charge in [-0.15, -0.1) is 0 Å². The highest BCUT2D eigenvalue weighted by molar-refractivity contribution is 5.99. The summed E-state index contributed by atoms with van der Waals surface area (Å²) in [5.41, 5.74) is 0.766. The van der Waals surface area contributed by atoms with Gasteiger partial charge < -0.3 is 15.0 Å². The molecule has 2 aliphatic rings. The lowest BCUT2D eigenvalue weighted by Gasteiger charge is -2.32. The first kappa shape index (κ1) is 29.0. The number of fused-ring (bicyclic) bond motifs is 1. The van der Waals surface area contributed by atoms with Crippen molar-refractivity contribution >= 4 is 22.7 Å². The van der Waals surface area contributed by atoms with Crippen molar-refractivity contribution in [1.82, 2.24) is 24.9 Å². The van der Waals surface area contributed by atoms with Crippen molar-refractivity contribution in [2.45, 2.75) is 32.5 Å². The molecule has 2 aliphatic heterocycles. The Bertz CT molecular complexity index is 1410. The Balaban J connectivity index is 1.15. The number of piperidine rings is 1. The van der Waals surface area contributed by atoms with Crippen LogP contribution in [0, 0.1) is 18.7 Å². The fraction of sp³-hybridized carbons (Fsp3) is 0.483. The number of halogens is 4. The third-order valence-electron chi connectivity index (χ3n) is 7.83. The van der Waals surface area contributed by atoms with Crippen molar-refractivity contribution < 1.29 is 31.9 Å². The highest BCUT2D eigenvalue weighted by Crippen LogP contribution is 2.31. The van der Waals surface area contributed by atoms with Gasteiger partial charge in [-0.1, -0.05) is 0 Å². The number of amides is 2. The van der Waals surface area contributed by atoms with E-state index in [0.29, 0.717) is 63.9 Å². The van der Waals surface area contributed by atoms with Gasteiger partial charge in [0.1, 0.15) is 5.82 Å². The maximum Gasteiger partial charge on any atom is 0.416 e. The van der Waals surface area contributed by atoms with Gasteiger partial charge in [0.25, 0.3) is 11.8 Å². The molecule has 1 N–H and O–H groups in total. The molecule has 41 heavy (non-hydrogen) atoms. The van der Waals surface area contributed by atoms with Crippen LogP contribution in [0.4, 0.5) is 17.6 Å². The number of rotatable bonds is 7. The maximum atomic E-state index is 14.3. The van der Waals surface area contributed by atoms with Gasteiger partial charge in [0.05, 0.1) is 29.9 Å². The lowest BCUT2D eigenvalue weighted by molar-refractivity contribution is -0.137. The van der Waals surface area contributed by atoms with Crippen LogP contribution in [0.3, 0.4) is 0 Å². The second kappa shape index (κ2) is 12.2. The lowest BCUT2D eigenvalue weighted by atomic mass is 9.96. The van der Waals surface area contributed by atoms with Crippen molar-refractivity contribution in [3.05, 3.63) is 64.6 Å². The summed E-state index contributed by atoms with van der Waals surface area (Å²) in [5.74, 6) is -1.68. The number of carbonyl (C=O) groups excluding carboxylic acids is 2. The van der Waals surface area contributed by atoms with Crippen molar-refractivity contribution in [3.8, 4) is 0 Å². The largest absolute Gasteiger partial charge is 0.416 e. The van der Waals surface area contributed by atoms with Crippen LogP contribution in [0.2, 0.25) is 0 Å². The molecule has 0 aliphatic carbocycles. The average Bonchev–Trinajstić information content (AvgIpc) is 3.33. The molecule has 5 rings (SSSR count). The molecule has 3 aromatic rings. The van der Waals surface area contributed by atoms with E-state index in [1.807, 2.05) is 29.9 Å². The Morgan fingerprint density at radius 1 is 1.05 bits per heavy atom. The van der Waals surface area contributed by atoms with E-state index in [-0.39, 0.29) is 17.4 Å². The molecule has 1 aromatic heterocycles. The standard InChI is InChI=1S/C29H33F4N5O3/c1-19-14-26-21(15-24(19)27(39)34-6-9-36-10-12-41-13-11-36)18-38(35-26)17-20-4-7-37(8-5-20)28(40)23-3-2-22(16-25(23)30)29(31,32)33/h2-3,14-16,18,20H,4-13,17H2,1H3,(H,34,39). The van der Waals surface area contributed by atoms with E-state index < -0.39 is 23.5 Å². The molecule has 3 heterocycles. The molecule has 220 valence electrons. The second-order valence-electron chi connectivity index (χ2n) is 10.7. The number of aryl methyl sites for hydroxylation is 1. The first-order valence-electron chi connectivity index (χ1n) is 13.8. The summed E-state index contributed by atoms with van der Waals surface area (Å²) in [5, 5.41) is 8.55. The Morgan fingerprint density at radius 3 is 2.46 bits per heavy atom. The number of nitrogens with zero attached hydrogens (tertiary/aromatic N) is 4. The molecule has 2 fully saturated rings. The molecule has 12 heteroatoms. The third kappa shape index (κ3) is 6.87. The molecule has 0 unspecified atom stereocenters. The molecule has 2 saturated heterocycles. The van der Waals surface area contributed by atoms with Crippen molar-refractivity contribution in [2.75, 3.05) is 52.5 Å². The minimum atomic E-state index is -4.67. The number of hydrogen-bond donors (Lipinski definition) is 1. The van der Waals surface area contributed by atoms with E-state index >= 15 is 0 Å². The Hall–Kier alpha value is -3.51. The predicted molar refractivity (Wildman–Crippen MR) is 144 cm³/mol. The number of nitrogens with one attached hydrogen (secondary N) is 1. The van der Waals surface area contributed by atoms with Crippen molar-refractivity contribution in [3.63, 3.8) is 0 Å². The molecule has 0 bridgehead atoms. The molecule has 0 saturated carbocycles. The Morgan fingerprint density at radius 2 is 1.78 bits per heavy atom. The normalized spacial score (nSPS) is 17.2. The first-order valence-corrected chi connectivity index (χ1v) is 13.8. The van der Waals surface area contributed by atoms with Gasteiger partial charge in [-0.25, -0.2) is 4.39 Å². The summed E-state index contributed by atoms with van der Waals surface area (Å²) in [6.07, 6.45) is -1.46. The van der Waals surface area contributed by atoms with Crippen LogP contribution in [0.15, 0.2) is 36.5 Å². The van der Waals surface area contributed by atoms with Crippen molar-refractivity contribution in [1.29, 1.82) is 0 Å². The summed E-state index contributed by atoms with van der Waals surface area (Å²) in [4.78, 5) is 29.4. The number of likely N-dealkylation sites (tertiary alicyclic amines) is 1. The number of ether oxygens (including phenoxy) is 1. The van der Waals surface area contributed by atoms with Crippen molar-refractivity contribution in [2.24, 2.45) is 5.92 Å². The smallest absolute Gasteiger partial charge is 0.379 e. The quantitative estimate of drug-likeness (QED) is 0.429. The number of alkyl halides is 3. The fourth-order valence-corrected chi connectivity index (χ4v) is 5.43. The average molecular weight is 576 g/mol. The van der Waals surface area contributed by atoms with Crippen LogP contribution < -0.4 is 5.32 Å². The van der Waals surface area contributed by atoms with E-state index in [0.717, 1.165) is 48.2 Å². The molecule has 0 atom stereocenters. The second-order valence-corrected chi connectivity index (χ2v) is 10.7. The van der Waals surface area contributed by atoms with Crippen LogP contribution >= 0.6 is 0 Å². The molecule has 8 nitrogen and oxygen atoms in total. The van der Waals surface area contributed by atoms with E-state index in [1.54, 1.807) is 0 Å². The SMILES string of the molecule is Cc1cc2nn(CC3CCN(C(=O)c4ccc(C(F)(F)F)cc4F)CC3)cc2cc1C(=O)NCCN1CCOCC1. The van der Waals surface area contributed by atoms with Crippen LogP contribution in [-0.4, -0.2) is 83.9 Å². The van der Waals surface area contributed by atoms with Gasteiger partial charge in [0.15, 0.2) is 0 Å². The highest BCUT2D eigenvalue weighted by Gasteiger charge is 2.33. The zero-order chi connectivity index (χ0) is 29.1. The minimum absolute atomic E-state index is 0.119. The number of hydrogen-bond acceptors (Lipinski definition) is 5. The molecular weight excluding hydrogens is 542 g/mol. The van der Waals surface area contributed by atoms with E-state index in [2.05, 4.69) is 15.3 Å². The summed E-state index contributed by atoms with van der Waals surface area (Å²) >= 11 is 0. The Kier molecular flexibility index (Phi) is 8.60.